The van der Waals surface area contributed by atoms with Gasteiger partial charge in [-0.15, -0.1) is 11.3 Å². The molecule has 3 heterocycles. The van der Waals surface area contributed by atoms with E-state index in [0.29, 0.717) is 11.4 Å². The van der Waals surface area contributed by atoms with Crippen molar-refractivity contribution in [2.75, 3.05) is 31.6 Å². The van der Waals surface area contributed by atoms with Crippen molar-refractivity contribution < 1.29 is 0 Å². The van der Waals surface area contributed by atoms with Crippen LogP contribution in [0, 0.1) is 6.92 Å². The van der Waals surface area contributed by atoms with Gasteiger partial charge in [-0.3, -0.25) is 9.69 Å². The van der Waals surface area contributed by atoms with Crippen LogP contribution in [0.25, 0.3) is 21.0 Å². The number of nitrogens with zero attached hydrogens (tertiary/aromatic N) is 3. The van der Waals surface area contributed by atoms with Crippen LogP contribution >= 0.6 is 11.3 Å². The van der Waals surface area contributed by atoms with Crippen LogP contribution in [0.2, 0.25) is 0 Å². The molecular formula is C25H25N3OS. The Balaban J connectivity index is 1.61. The van der Waals surface area contributed by atoms with Crippen molar-refractivity contribution in [2.45, 2.75) is 19.4 Å². The lowest BCUT2D eigenvalue weighted by Crippen LogP contribution is -2.52. The highest BCUT2D eigenvalue weighted by Crippen LogP contribution is 2.32. The Bertz CT molecular complexity index is 1270. The number of hydrogen-bond donors (Lipinski definition) is 0. The molecule has 30 heavy (non-hydrogen) atoms. The first kappa shape index (κ1) is 19.2. The molecule has 152 valence electrons. The molecule has 0 radical (unpaired) electrons. The monoisotopic (exact) mass is 415 g/mol. The van der Waals surface area contributed by atoms with E-state index in [1.165, 1.54) is 5.56 Å². The van der Waals surface area contributed by atoms with Gasteiger partial charge in [-0.1, -0.05) is 42.5 Å². The van der Waals surface area contributed by atoms with Crippen molar-refractivity contribution in [2.24, 2.45) is 0 Å². The van der Waals surface area contributed by atoms with Crippen molar-refractivity contribution in [3.8, 4) is 0 Å². The Hall–Kier alpha value is -2.76. The van der Waals surface area contributed by atoms with E-state index in [1.54, 1.807) is 11.3 Å². The van der Waals surface area contributed by atoms with Crippen molar-refractivity contribution in [3.63, 3.8) is 0 Å². The Labute approximate surface area is 180 Å². The topological polar surface area (TPSA) is 36.4 Å². The van der Waals surface area contributed by atoms with Gasteiger partial charge in [0.1, 0.15) is 5.82 Å². The van der Waals surface area contributed by atoms with E-state index in [4.69, 9.17) is 4.98 Å². The maximum Gasteiger partial charge on any atom is 0.205 e. The van der Waals surface area contributed by atoms with E-state index in [-0.39, 0.29) is 5.43 Å². The molecule has 0 bridgehead atoms. The molecule has 1 aliphatic rings. The summed E-state index contributed by atoms with van der Waals surface area (Å²) in [5, 5.41) is 1.69. The minimum atomic E-state index is 0.0902. The molecule has 4 aromatic rings. The molecule has 0 N–H and O–H groups in total. The summed E-state index contributed by atoms with van der Waals surface area (Å²) in [6, 6.07) is 20.9. The van der Waals surface area contributed by atoms with Crippen LogP contribution < -0.4 is 10.3 Å². The first-order chi connectivity index (χ1) is 14.6. The molecule has 5 heteroatoms. The molecular weight excluding hydrogens is 390 g/mol. The molecule has 2 aromatic heterocycles. The lowest BCUT2D eigenvalue weighted by Gasteiger charge is -2.40. The van der Waals surface area contributed by atoms with Gasteiger partial charge in [0, 0.05) is 41.3 Å². The zero-order chi connectivity index (χ0) is 20.7. The van der Waals surface area contributed by atoms with Crippen LogP contribution in [-0.2, 0) is 6.42 Å². The van der Waals surface area contributed by atoms with Gasteiger partial charge in [-0.25, -0.2) is 4.98 Å². The van der Waals surface area contributed by atoms with Gasteiger partial charge >= 0.3 is 0 Å². The minimum Gasteiger partial charge on any atom is -0.353 e. The second-order valence-corrected chi connectivity index (χ2v) is 9.41. The fourth-order valence-corrected chi connectivity index (χ4v) is 5.36. The first-order valence-electron chi connectivity index (χ1n) is 10.4. The number of para-hydroxylation sites is 1. The SMILES string of the molecule is Cc1cc2c(N3CCN(C)[C@@H](Cc4ccccc4)C3)nc3ccccc3c(=O)c2s1. The Morgan fingerprint density at radius 3 is 2.63 bits per heavy atom. The van der Waals surface area contributed by atoms with Gasteiger partial charge in [-0.05, 0) is 44.2 Å². The molecule has 1 fully saturated rings. The second kappa shape index (κ2) is 7.82. The van der Waals surface area contributed by atoms with E-state index in [1.807, 2.05) is 24.3 Å². The second-order valence-electron chi connectivity index (χ2n) is 8.15. The standard InChI is InChI=1S/C25H25N3OS/c1-17-14-21-24(30-17)23(29)20-10-6-7-11-22(20)26-25(21)28-13-12-27(2)19(16-28)15-18-8-4-3-5-9-18/h3-11,14,19H,12-13,15-16H2,1-2H3/t19-/m0/s1. The molecule has 0 unspecified atom stereocenters. The number of aromatic nitrogens is 1. The van der Waals surface area contributed by atoms with Crippen LogP contribution in [0.1, 0.15) is 10.4 Å². The highest BCUT2D eigenvalue weighted by atomic mass is 32.1. The highest BCUT2D eigenvalue weighted by Gasteiger charge is 2.27. The van der Waals surface area contributed by atoms with E-state index in [9.17, 15) is 4.79 Å². The summed E-state index contributed by atoms with van der Waals surface area (Å²) in [5.74, 6) is 0.943. The number of thiophene rings is 1. The number of rotatable bonds is 3. The van der Waals surface area contributed by atoms with E-state index in [0.717, 1.165) is 52.4 Å². The molecule has 4 nitrogen and oxygen atoms in total. The summed E-state index contributed by atoms with van der Waals surface area (Å²) in [4.78, 5) is 24.3. The molecule has 1 saturated heterocycles. The van der Waals surface area contributed by atoms with Gasteiger partial charge in [-0.2, -0.15) is 0 Å². The summed E-state index contributed by atoms with van der Waals surface area (Å²) in [5.41, 5.74) is 2.22. The van der Waals surface area contributed by atoms with Gasteiger partial charge in [0.15, 0.2) is 0 Å². The number of piperazine rings is 1. The van der Waals surface area contributed by atoms with E-state index in [2.05, 4.69) is 60.2 Å². The van der Waals surface area contributed by atoms with Gasteiger partial charge in [0.25, 0.3) is 0 Å². The Morgan fingerprint density at radius 1 is 1.03 bits per heavy atom. The largest absolute Gasteiger partial charge is 0.353 e. The lowest BCUT2D eigenvalue weighted by molar-refractivity contribution is 0.217. The van der Waals surface area contributed by atoms with Crippen LogP contribution in [0.3, 0.4) is 0 Å². The molecule has 1 aliphatic heterocycles. The third-order valence-electron chi connectivity index (χ3n) is 6.07. The normalized spacial score (nSPS) is 17.7. The average molecular weight is 416 g/mol. The number of hydrogen-bond acceptors (Lipinski definition) is 5. The number of anilines is 1. The number of aryl methyl sites for hydroxylation is 1. The van der Waals surface area contributed by atoms with E-state index >= 15 is 0 Å². The number of fused-ring (bicyclic) bond motifs is 2. The smallest absolute Gasteiger partial charge is 0.205 e. The molecule has 2 aromatic carbocycles. The lowest BCUT2D eigenvalue weighted by atomic mass is 10.0. The summed E-state index contributed by atoms with van der Waals surface area (Å²) in [7, 11) is 2.21. The number of benzene rings is 2. The molecule has 0 aliphatic carbocycles. The van der Waals surface area contributed by atoms with E-state index < -0.39 is 0 Å². The van der Waals surface area contributed by atoms with Crippen LogP contribution in [0.15, 0.2) is 65.5 Å². The number of likely N-dealkylation sites (N-methyl/N-ethyl adjacent to an activating group) is 1. The molecule has 5 rings (SSSR count). The van der Waals surface area contributed by atoms with Crippen LogP contribution in [0.5, 0.6) is 0 Å². The fourth-order valence-electron chi connectivity index (χ4n) is 4.39. The maximum absolute atomic E-state index is 13.2. The molecule has 1 atom stereocenters. The predicted octanol–water partition coefficient (Wildman–Crippen LogP) is 4.48. The van der Waals surface area contributed by atoms with Crippen molar-refractivity contribution in [1.82, 2.24) is 9.88 Å². The molecule has 0 amide bonds. The molecule has 0 saturated carbocycles. The third kappa shape index (κ3) is 3.48. The van der Waals surface area contributed by atoms with Gasteiger partial charge < -0.3 is 4.90 Å². The van der Waals surface area contributed by atoms with Crippen LogP contribution in [-0.4, -0.2) is 42.6 Å². The minimum absolute atomic E-state index is 0.0902. The Morgan fingerprint density at radius 2 is 1.80 bits per heavy atom. The summed E-state index contributed by atoms with van der Waals surface area (Å²) in [6.07, 6.45) is 1.01. The zero-order valence-electron chi connectivity index (χ0n) is 17.3. The van der Waals surface area contributed by atoms with Crippen molar-refractivity contribution >= 4 is 38.1 Å². The zero-order valence-corrected chi connectivity index (χ0v) is 18.2. The predicted molar refractivity (Wildman–Crippen MR) is 127 cm³/mol. The van der Waals surface area contributed by atoms with Crippen LogP contribution in [0.4, 0.5) is 5.82 Å². The third-order valence-corrected chi connectivity index (χ3v) is 7.12. The van der Waals surface area contributed by atoms with Gasteiger partial charge in [0.05, 0.1) is 10.2 Å². The maximum atomic E-state index is 13.2. The fraction of sp³-hybridized carbons (Fsp3) is 0.280. The van der Waals surface area contributed by atoms with Crippen molar-refractivity contribution in [1.29, 1.82) is 0 Å². The first-order valence-corrected chi connectivity index (χ1v) is 11.2. The van der Waals surface area contributed by atoms with Gasteiger partial charge in [0.2, 0.25) is 5.43 Å². The average Bonchev–Trinajstić information content (AvgIpc) is 3.11. The van der Waals surface area contributed by atoms with Crippen molar-refractivity contribution in [3.05, 3.63) is 81.3 Å². The summed E-state index contributed by atoms with van der Waals surface area (Å²) < 4.78 is 0.815. The quantitative estimate of drug-likeness (QED) is 0.494. The molecule has 0 spiro atoms. The Kier molecular flexibility index (Phi) is 5.01. The summed E-state index contributed by atoms with van der Waals surface area (Å²) in [6.45, 7) is 4.85. The summed E-state index contributed by atoms with van der Waals surface area (Å²) >= 11 is 1.58. The highest BCUT2D eigenvalue weighted by molar-refractivity contribution is 7.19.